The Morgan fingerprint density at radius 3 is 2.63 bits per heavy atom. The minimum absolute atomic E-state index is 0.201. The topological polar surface area (TPSA) is 82.8 Å². The second-order valence-corrected chi connectivity index (χ2v) is 6.72. The van der Waals surface area contributed by atoms with E-state index in [1.165, 1.54) is 0 Å². The largest absolute Gasteiger partial charge is 0.494 e. The maximum absolute atomic E-state index is 12.6. The maximum atomic E-state index is 12.6. The van der Waals surface area contributed by atoms with Crippen LogP contribution in [0.25, 0.3) is 0 Å². The van der Waals surface area contributed by atoms with E-state index < -0.39 is 0 Å². The fraction of sp³-hybridized carbons (Fsp3) is 0.304. The van der Waals surface area contributed by atoms with E-state index in [-0.39, 0.29) is 5.91 Å². The van der Waals surface area contributed by atoms with E-state index in [9.17, 15) is 4.79 Å². The fourth-order valence-electron chi connectivity index (χ4n) is 2.98. The molecule has 0 saturated carbocycles. The van der Waals surface area contributed by atoms with Crippen LogP contribution in [0.2, 0.25) is 0 Å². The van der Waals surface area contributed by atoms with Gasteiger partial charge < -0.3 is 24.1 Å². The number of hydrogen-bond acceptors (Lipinski definition) is 6. The standard InChI is InChI=1S/C23H26N2O5/c1-5-28-19-8-6-7-17(11-19)13-24-23(26)18-9-10-21(22(12-18)27-4)29-14-20-15(2)25-30-16(20)3/h6-12H,5,13-14H2,1-4H3,(H,24,26). The van der Waals surface area contributed by atoms with Gasteiger partial charge >= 0.3 is 0 Å². The highest BCUT2D eigenvalue weighted by molar-refractivity contribution is 5.94. The van der Waals surface area contributed by atoms with Crippen molar-refractivity contribution < 1.29 is 23.5 Å². The number of hydrogen-bond donors (Lipinski definition) is 1. The number of nitrogens with zero attached hydrogens (tertiary/aromatic N) is 1. The molecule has 7 heteroatoms. The van der Waals surface area contributed by atoms with E-state index in [2.05, 4.69) is 10.5 Å². The van der Waals surface area contributed by atoms with E-state index in [0.29, 0.717) is 36.8 Å². The molecule has 3 rings (SSSR count). The summed E-state index contributed by atoms with van der Waals surface area (Å²) in [6, 6.07) is 12.7. The Balaban J connectivity index is 1.64. The van der Waals surface area contributed by atoms with Gasteiger partial charge in [0.25, 0.3) is 5.91 Å². The number of aryl methyl sites for hydroxylation is 2. The molecule has 0 bridgehead atoms. The van der Waals surface area contributed by atoms with Gasteiger partial charge in [-0.15, -0.1) is 0 Å². The van der Waals surface area contributed by atoms with Crippen molar-refractivity contribution in [1.82, 2.24) is 10.5 Å². The molecule has 3 aromatic rings. The second kappa shape index (κ2) is 9.82. The molecule has 0 aliphatic carbocycles. The molecule has 0 atom stereocenters. The zero-order valence-corrected chi connectivity index (χ0v) is 17.7. The molecular formula is C23H26N2O5. The molecule has 0 aliphatic rings. The molecule has 0 spiro atoms. The van der Waals surface area contributed by atoms with Gasteiger partial charge in [-0.25, -0.2) is 0 Å². The number of amides is 1. The van der Waals surface area contributed by atoms with Crippen molar-refractivity contribution in [2.45, 2.75) is 33.9 Å². The molecule has 0 unspecified atom stereocenters. The van der Waals surface area contributed by atoms with Gasteiger partial charge in [0.2, 0.25) is 0 Å². The van der Waals surface area contributed by atoms with Crippen LogP contribution in [0.3, 0.4) is 0 Å². The SMILES string of the molecule is CCOc1cccc(CNC(=O)c2ccc(OCc3c(C)noc3C)c(OC)c2)c1. The molecular weight excluding hydrogens is 384 g/mol. The monoisotopic (exact) mass is 410 g/mol. The van der Waals surface area contributed by atoms with Crippen molar-refractivity contribution in [3.05, 3.63) is 70.6 Å². The predicted molar refractivity (Wildman–Crippen MR) is 112 cm³/mol. The molecule has 1 N–H and O–H groups in total. The number of nitrogens with one attached hydrogen (secondary N) is 1. The van der Waals surface area contributed by atoms with Crippen LogP contribution in [0.4, 0.5) is 0 Å². The van der Waals surface area contributed by atoms with Gasteiger partial charge in [-0.3, -0.25) is 4.79 Å². The Hall–Kier alpha value is -3.48. The van der Waals surface area contributed by atoms with Crippen molar-refractivity contribution in [1.29, 1.82) is 0 Å². The first kappa shape index (κ1) is 21.2. The molecule has 0 aliphatic heterocycles. The molecule has 0 saturated heterocycles. The third-order valence-electron chi connectivity index (χ3n) is 4.64. The number of carbonyl (C=O) groups is 1. The van der Waals surface area contributed by atoms with Crippen molar-refractivity contribution in [3.63, 3.8) is 0 Å². The summed E-state index contributed by atoms with van der Waals surface area (Å²) in [5.41, 5.74) is 3.13. The predicted octanol–water partition coefficient (Wildman–Crippen LogP) is 4.21. The third-order valence-corrected chi connectivity index (χ3v) is 4.64. The van der Waals surface area contributed by atoms with Gasteiger partial charge in [0.1, 0.15) is 18.1 Å². The maximum Gasteiger partial charge on any atom is 0.251 e. The number of methoxy groups -OCH3 is 1. The highest BCUT2D eigenvalue weighted by atomic mass is 16.5. The summed E-state index contributed by atoms with van der Waals surface area (Å²) in [5, 5.41) is 6.84. The van der Waals surface area contributed by atoms with Crippen LogP contribution < -0.4 is 19.5 Å². The molecule has 0 radical (unpaired) electrons. The van der Waals surface area contributed by atoms with Crippen molar-refractivity contribution in [2.24, 2.45) is 0 Å². The van der Waals surface area contributed by atoms with Crippen molar-refractivity contribution >= 4 is 5.91 Å². The summed E-state index contributed by atoms with van der Waals surface area (Å²) in [6.07, 6.45) is 0. The number of carbonyl (C=O) groups excluding carboxylic acids is 1. The van der Waals surface area contributed by atoms with Crippen LogP contribution in [0.1, 0.15) is 39.9 Å². The van der Waals surface area contributed by atoms with Gasteiger partial charge in [-0.05, 0) is 56.7 Å². The zero-order valence-electron chi connectivity index (χ0n) is 17.7. The van der Waals surface area contributed by atoms with E-state index in [4.69, 9.17) is 18.7 Å². The van der Waals surface area contributed by atoms with E-state index in [0.717, 1.165) is 28.3 Å². The lowest BCUT2D eigenvalue weighted by molar-refractivity contribution is 0.0950. The molecule has 7 nitrogen and oxygen atoms in total. The van der Waals surface area contributed by atoms with Crippen LogP contribution in [-0.2, 0) is 13.2 Å². The molecule has 2 aromatic carbocycles. The van der Waals surface area contributed by atoms with Crippen molar-refractivity contribution in [2.75, 3.05) is 13.7 Å². The first-order chi connectivity index (χ1) is 14.5. The fourth-order valence-corrected chi connectivity index (χ4v) is 2.98. The average molecular weight is 410 g/mol. The zero-order chi connectivity index (χ0) is 21.5. The molecule has 0 fully saturated rings. The van der Waals surface area contributed by atoms with E-state index in [1.807, 2.05) is 45.0 Å². The summed E-state index contributed by atoms with van der Waals surface area (Å²) in [5.74, 6) is 2.32. The second-order valence-electron chi connectivity index (χ2n) is 6.72. The highest BCUT2D eigenvalue weighted by Gasteiger charge is 2.14. The van der Waals surface area contributed by atoms with E-state index >= 15 is 0 Å². The quantitative estimate of drug-likeness (QED) is 0.569. The average Bonchev–Trinajstić information content (AvgIpc) is 3.08. The summed E-state index contributed by atoms with van der Waals surface area (Å²) < 4.78 is 21.9. The Morgan fingerprint density at radius 1 is 1.10 bits per heavy atom. The summed E-state index contributed by atoms with van der Waals surface area (Å²) in [6.45, 7) is 6.94. The minimum Gasteiger partial charge on any atom is -0.494 e. The Morgan fingerprint density at radius 2 is 1.93 bits per heavy atom. The Kier molecular flexibility index (Phi) is 6.95. The summed E-state index contributed by atoms with van der Waals surface area (Å²) in [7, 11) is 1.54. The molecule has 1 amide bonds. The number of ether oxygens (including phenoxy) is 3. The third kappa shape index (κ3) is 5.11. The summed E-state index contributed by atoms with van der Waals surface area (Å²) >= 11 is 0. The molecule has 158 valence electrons. The van der Waals surface area contributed by atoms with Crippen LogP contribution in [-0.4, -0.2) is 24.8 Å². The first-order valence-corrected chi connectivity index (χ1v) is 9.74. The molecule has 30 heavy (non-hydrogen) atoms. The van der Waals surface area contributed by atoms with Crippen LogP contribution >= 0.6 is 0 Å². The number of rotatable bonds is 9. The van der Waals surface area contributed by atoms with Crippen LogP contribution in [0.15, 0.2) is 47.0 Å². The van der Waals surface area contributed by atoms with Gasteiger partial charge in [-0.1, -0.05) is 17.3 Å². The Bertz CT molecular complexity index is 993. The molecule has 1 heterocycles. The van der Waals surface area contributed by atoms with E-state index in [1.54, 1.807) is 25.3 Å². The molecule has 1 aromatic heterocycles. The minimum atomic E-state index is -0.201. The van der Waals surface area contributed by atoms with Gasteiger partial charge in [0, 0.05) is 12.1 Å². The van der Waals surface area contributed by atoms with Gasteiger partial charge in [0.05, 0.1) is 25.0 Å². The number of aromatic nitrogens is 1. The lowest BCUT2D eigenvalue weighted by Crippen LogP contribution is -2.22. The van der Waals surface area contributed by atoms with Gasteiger partial charge in [0.15, 0.2) is 11.5 Å². The lowest BCUT2D eigenvalue weighted by Gasteiger charge is -2.12. The highest BCUT2D eigenvalue weighted by Crippen LogP contribution is 2.29. The lowest BCUT2D eigenvalue weighted by atomic mass is 10.1. The first-order valence-electron chi connectivity index (χ1n) is 9.74. The smallest absolute Gasteiger partial charge is 0.251 e. The normalized spacial score (nSPS) is 10.5. The van der Waals surface area contributed by atoms with Gasteiger partial charge in [-0.2, -0.15) is 0 Å². The van der Waals surface area contributed by atoms with Crippen molar-refractivity contribution in [3.8, 4) is 17.2 Å². The Labute approximate surface area is 175 Å². The number of benzene rings is 2. The van der Waals surface area contributed by atoms with Crippen LogP contribution in [0.5, 0.6) is 17.2 Å². The van der Waals surface area contributed by atoms with Crippen LogP contribution in [0, 0.1) is 13.8 Å². The summed E-state index contributed by atoms with van der Waals surface area (Å²) in [4.78, 5) is 12.6.